The van der Waals surface area contributed by atoms with E-state index < -0.39 is 0 Å². The van der Waals surface area contributed by atoms with Crippen molar-refractivity contribution in [1.82, 2.24) is 0 Å². The Balaban J connectivity index is 2.40. The lowest BCUT2D eigenvalue weighted by atomic mass is 9.61. The van der Waals surface area contributed by atoms with Gasteiger partial charge in [-0.2, -0.15) is 0 Å². The molecule has 0 amide bonds. The van der Waals surface area contributed by atoms with Crippen molar-refractivity contribution in [1.29, 1.82) is 0 Å². The van der Waals surface area contributed by atoms with E-state index in [0.717, 1.165) is 13.0 Å². The molecular formula is C9H19NO. The number of rotatable bonds is 4. The summed E-state index contributed by atoms with van der Waals surface area (Å²) in [6.07, 6.45) is 4.78. The van der Waals surface area contributed by atoms with Crippen molar-refractivity contribution < 1.29 is 5.11 Å². The number of hydrogen-bond acceptors (Lipinski definition) is 2. The normalized spacial score (nSPS) is 24.3. The Bertz CT molecular complexity index is 115. The van der Waals surface area contributed by atoms with Gasteiger partial charge in [0.05, 0.1) is 0 Å². The fourth-order valence-electron chi connectivity index (χ4n) is 2.03. The Hall–Kier alpha value is -0.0800. The molecule has 0 saturated heterocycles. The maximum absolute atomic E-state index is 8.77. The number of aliphatic hydroxyl groups excluding tert-OH is 1. The van der Waals surface area contributed by atoms with Crippen LogP contribution in [0, 0.1) is 11.3 Å². The lowest BCUT2D eigenvalue weighted by Crippen LogP contribution is -2.43. The molecule has 0 bridgehead atoms. The van der Waals surface area contributed by atoms with Crippen molar-refractivity contribution >= 4 is 0 Å². The lowest BCUT2D eigenvalue weighted by Gasteiger charge is -2.46. The number of hydrogen-bond donors (Lipinski definition) is 2. The van der Waals surface area contributed by atoms with Crippen LogP contribution in [0.5, 0.6) is 0 Å². The van der Waals surface area contributed by atoms with E-state index in [1.165, 1.54) is 19.3 Å². The molecule has 0 heterocycles. The summed E-state index contributed by atoms with van der Waals surface area (Å²) in [6, 6.07) is 0. The van der Waals surface area contributed by atoms with Gasteiger partial charge in [0, 0.05) is 6.61 Å². The summed E-state index contributed by atoms with van der Waals surface area (Å²) in [7, 11) is 0. The molecule has 1 aliphatic rings. The van der Waals surface area contributed by atoms with Gasteiger partial charge in [-0.05, 0) is 37.1 Å². The highest BCUT2D eigenvalue weighted by Crippen LogP contribution is 2.47. The van der Waals surface area contributed by atoms with Gasteiger partial charge in [-0.1, -0.05) is 13.3 Å². The van der Waals surface area contributed by atoms with Gasteiger partial charge in [0.15, 0.2) is 0 Å². The van der Waals surface area contributed by atoms with Gasteiger partial charge in [0.2, 0.25) is 0 Å². The molecule has 1 fully saturated rings. The smallest absolute Gasteiger partial charge is 0.0433 e. The first-order valence-electron chi connectivity index (χ1n) is 4.56. The summed E-state index contributed by atoms with van der Waals surface area (Å²) in [5, 5.41) is 8.77. The largest absolute Gasteiger partial charge is 0.396 e. The van der Waals surface area contributed by atoms with E-state index in [-0.39, 0.29) is 0 Å². The highest BCUT2D eigenvalue weighted by molar-refractivity contribution is 4.92. The second-order valence-corrected chi connectivity index (χ2v) is 3.83. The van der Waals surface area contributed by atoms with Gasteiger partial charge in [-0.3, -0.25) is 0 Å². The second-order valence-electron chi connectivity index (χ2n) is 3.83. The van der Waals surface area contributed by atoms with Crippen molar-refractivity contribution in [3.63, 3.8) is 0 Å². The molecule has 0 aromatic carbocycles. The number of aliphatic hydroxyl groups is 1. The van der Waals surface area contributed by atoms with Crippen LogP contribution >= 0.6 is 0 Å². The van der Waals surface area contributed by atoms with Crippen LogP contribution in [0.15, 0.2) is 0 Å². The zero-order valence-electron chi connectivity index (χ0n) is 7.34. The van der Waals surface area contributed by atoms with Crippen LogP contribution in [0.25, 0.3) is 0 Å². The molecule has 1 atom stereocenters. The third-order valence-electron chi connectivity index (χ3n) is 3.36. The quantitative estimate of drug-likeness (QED) is 0.642. The minimum absolute atomic E-state index is 0.308. The summed E-state index contributed by atoms with van der Waals surface area (Å²) < 4.78 is 0. The first-order valence-corrected chi connectivity index (χ1v) is 4.56. The van der Waals surface area contributed by atoms with Crippen LogP contribution in [0.2, 0.25) is 0 Å². The molecule has 0 spiro atoms. The van der Waals surface area contributed by atoms with Crippen LogP contribution in [-0.4, -0.2) is 18.3 Å². The molecule has 2 nitrogen and oxygen atoms in total. The molecule has 2 heteroatoms. The highest BCUT2D eigenvalue weighted by Gasteiger charge is 2.39. The average molecular weight is 157 g/mol. The van der Waals surface area contributed by atoms with E-state index in [2.05, 4.69) is 6.92 Å². The van der Waals surface area contributed by atoms with Gasteiger partial charge >= 0.3 is 0 Å². The van der Waals surface area contributed by atoms with Gasteiger partial charge < -0.3 is 10.8 Å². The monoisotopic (exact) mass is 157 g/mol. The van der Waals surface area contributed by atoms with E-state index in [1.807, 2.05) is 0 Å². The highest BCUT2D eigenvalue weighted by atomic mass is 16.3. The Morgan fingerprint density at radius 3 is 2.45 bits per heavy atom. The van der Waals surface area contributed by atoms with Gasteiger partial charge in [-0.25, -0.2) is 0 Å². The molecule has 1 saturated carbocycles. The summed E-state index contributed by atoms with van der Waals surface area (Å²) in [5.41, 5.74) is 6.11. The predicted octanol–water partition coefficient (Wildman–Crippen LogP) is 1.13. The SMILES string of the molecule is CC(CCO)C1(CN)CCC1. The minimum atomic E-state index is 0.308. The maximum atomic E-state index is 8.77. The van der Waals surface area contributed by atoms with Crippen molar-refractivity contribution in [3.05, 3.63) is 0 Å². The molecule has 1 rings (SSSR count). The third-order valence-corrected chi connectivity index (χ3v) is 3.36. The summed E-state index contributed by atoms with van der Waals surface area (Å²) in [5.74, 6) is 0.603. The second kappa shape index (κ2) is 3.55. The van der Waals surface area contributed by atoms with Gasteiger partial charge in [0.1, 0.15) is 0 Å². The number of nitrogens with two attached hydrogens (primary N) is 1. The zero-order chi connectivity index (χ0) is 8.32. The summed E-state index contributed by atoms with van der Waals surface area (Å²) >= 11 is 0. The van der Waals surface area contributed by atoms with E-state index in [0.29, 0.717) is 17.9 Å². The van der Waals surface area contributed by atoms with Crippen LogP contribution in [0.4, 0.5) is 0 Å². The van der Waals surface area contributed by atoms with Crippen LogP contribution < -0.4 is 5.73 Å². The van der Waals surface area contributed by atoms with Gasteiger partial charge in [-0.15, -0.1) is 0 Å². The van der Waals surface area contributed by atoms with Crippen LogP contribution in [0.1, 0.15) is 32.6 Å². The zero-order valence-corrected chi connectivity index (χ0v) is 7.34. The van der Waals surface area contributed by atoms with E-state index in [9.17, 15) is 0 Å². The first-order chi connectivity index (χ1) is 5.25. The van der Waals surface area contributed by atoms with E-state index in [1.54, 1.807) is 0 Å². The van der Waals surface area contributed by atoms with Crippen molar-refractivity contribution in [2.45, 2.75) is 32.6 Å². The third kappa shape index (κ3) is 1.57. The molecular weight excluding hydrogens is 138 g/mol. The van der Waals surface area contributed by atoms with Crippen LogP contribution in [0.3, 0.4) is 0 Å². The lowest BCUT2D eigenvalue weighted by molar-refractivity contribution is 0.0527. The Kier molecular flexibility index (Phi) is 2.90. The van der Waals surface area contributed by atoms with Crippen molar-refractivity contribution in [3.8, 4) is 0 Å². The Morgan fingerprint density at radius 2 is 2.18 bits per heavy atom. The molecule has 66 valence electrons. The van der Waals surface area contributed by atoms with E-state index in [4.69, 9.17) is 10.8 Å². The Morgan fingerprint density at radius 1 is 1.55 bits per heavy atom. The molecule has 3 N–H and O–H groups in total. The minimum Gasteiger partial charge on any atom is -0.396 e. The molecule has 0 aromatic rings. The summed E-state index contributed by atoms with van der Waals surface area (Å²) in [6.45, 7) is 3.32. The predicted molar refractivity (Wildman–Crippen MR) is 46.2 cm³/mol. The van der Waals surface area contributed by atoms with E-state index >= 15 is 0 Å². The van der Waals surface area contributed by atoms with Crippen molar-refractivity contribution in [2.75, 3.05) is 13.2 Å². The molecule has 0 aromatic heterocycles. The molecule has 0 aliphatic heterocycles. The first kappa shape index (κ1) is 9.01. The molecule has 11 heavy (non-hydrogen) atoms. The average Bonchev–Trinajstić information content (AvgIpc) is 1.87. The molecule has 1 unspecified atom stereocenters. The van der Waals surface area contributed by atoms with Crippen LogP contribution in [-0.2, 0) is 0 Å². The maximum Gasteiger partial charge on any atom is 0.0433 e. The topological polar surface area (TPSA) is 46.2 Å². The fraction of sp³-hybridized carbons (Fsp3) is 1.00. The van der Waals surface area contributed by atoms with Crippen molar-refractivity contribution in [2.24, 2.45) is 17.1 Å². The molecule has 1 aliphatic carbocycles. The summed E-state index contributed by atoms with van der Waals surface area (Å²) in [4.78, 5) is 0. The molecule has 0 radical (unpaired) electrons. The van der Waals surface area contributed by atoms with Gasteiger partial charge in [0.25, 0.3) is 0 Å². The standard InChI is InChI=1S/C9H19NO/c1-8(3-6-11)9(7-10)4-2-5-9/h8,11H,2-7,10H2,1H3. The fourth-order valence-corrected chi connectivity index (χ4v) is 2.03. The Labute approximate surface area is 68.8 Å².